The number of amides is 1. The average molecular weight is 226 g/mol. The van der Waals surface area contributed by atoms with E-state index in [0.717, 1.165) is 51.4 Å². The van der Waals surface area contributed by atoms with E-state index in [9.17, 15) is 4.79 Å². The summed E-state index contributed by atoms with van der Waals surface area (Å²) in [6, 6.07) is 0. The van der Waals surface area contributed by atoms with Crippen LogP contribution in [0.15, 0.2) is 0 Å². The van der Waals surface area contributed by atoms with E-state index in [1.807, 2.05) is 4.90 Å². The van der Waals surface area contributed by atoms with E-state index in [4.69, 9.17) is 4.74 Å². The molecule has 2 rings (SSSR count). The standard InChI is InChI=1S/C12H22N2O2/c1-10-3-6-14(7-4-10)12(15)16-9-11-2-5-13-8-11/h10-11,13H,2-9H2,1H3. The fourth-order valence-corrected chi connectivity index (χ4v) is 2.33. The van der Waals surface area contributed by atoms with Gasteiger partial charge in [-0.2, -0.15) is 0 Å². The minimum Gasteiger partial charge on any atom is -0.449 e. The molecule has 2 aliphatic rings. The third-order valence-electron chi connectivity index (χ3n) is 3.65. The molecule has 2 saturated heterocycles. The van der Waals surface area contributed by atoms with Crippen LogP contribution >= 0.6 is 0 Å². The predicted octanol–water partition coefficient (Wildman–Crippen LogP) is 1.46. The topological polar surface area (TPSA) is 41.6 Å². The van der Waals surface area contributed by atoms with Crippen molar-refractivity contribution in [1.82, 2.24) is 10.2 Å². The first-order valence-corrected chi connectivity index (χ1v) is 6.38. The van der Waals surface area contributed by atoms with Crippen LogP contribution in [-0.4, -0.2) is 43.8 Å². The van der Waals surface area contributed by atoms with Crippen molar-refractivity contribution in [3.8, 4) is 0 Å². The molecule has 0 aromatic carbocycles. The number of carbonyl (C=O) groups excluding carboxylic acids is 1. The molecule has 16 heavy (non-hydrogen) atoms. The largest absolute Gasteiger partial charge is 0.449 e. The van der Waals surface area contributed by atoms with Gasteiger partial charge in [0.25, 0.3) is 0 Å². The van der Waals surface area contributed by atoms with Gasteiger partial charge in [-0.15, -0.1) is 0 Å². The minimum atomic E-state index is -0.112. The van der Waals surface area contributed by atoms with E-state index in [2.05, 4.69) is 12.2 Å². The maximum absolute atomic E-state index is 11.7. The smallest absolute Gasteiger partial charge is 0.409 e. The van der Waals surface area contributed by atoms with E-state index >= 15 is 0 Å². The fourth-order valence-electron chi connectivity index (χ4n) is 2.33. The van der Waals surface area contributed by atoms with Crippen molar-refractivity contribution in [2.75, 3.05) is 32.8 Å². The molecule has 2 fully saturated rings. The summed E-state index contributed by atoms with van der Waals surface area (Å²) < 4.78 is 5.35. The van der Waals surface area contributed by atoms with E-state index in [-0.39, 0.29) is 6.09 Å². The zero-order valence-corrected chi connectivity index (χ0v) is 10.1. The molecule has 1 atom stereocenters. The molecule has 0 radical (unpaired) electrons. The highest BCUT2D eigenvalue weighted by atomic mass is 16.6. The van der Waals surface area contributed by atoms with Crippen LogP contribution in [0.3, 0.4) is 0 Å². The lowest BCUT2D eigenvalue weighted by Crippen LogP contribution is -2.39. The Bertz CT molecular complexity index is 231. The van der Waals surface area contributed by atoms with Gasteiger partial charge in [-0.3, -0.25) is 0 Å². The Balaban J connectivity index is 1.67. The monoisotopic (exact) mass is 226 g/mol. The van der Waals surface area contributed by atoms with Gasteiger partial charge in [0, 0.05) is 25.6 Å². The maximum atomic E-state index is 11.7. The van der Waals surface area contributed by atoms with Crippen molar-refractivity contribution in [1.29, 1.82) is 0 Å². The Morgan fingerprint density at radius 2 is 2.12 bits per heavy atom. The normalized spacial score (nSPS) is 27.1. The molecule has 4 heteroatoms. The van der Waals surface area contributed by atoms with E-state index in [1.165, 1.54) is 0 Å². The van der Waals surface area contributed by atoms with Crippen molar-refractivity contribution in [3.05, 3.63) is 0 Å². The number of nitrogens with one attached hydrogen (secondary N) is 1. The van der Waals surface area contributed by atoms with Crippen LogP contribution in [0.25, 0.3) is 0 Å². The fraction of sp³-hybridized carbons (Fsp3) is 0.917. The van der Waals surface area contributed by atoms with Gasteiger partial charge in [-0.1, -0.05) is 6.92 Å². The first kappa shape index (κ1) is 11.7. The molecule has 1 unspecified atom stereocenters. The van der Waals surface area contributed by atoms with Gasteiger partial charge < -0.3 is 15.0 Å². The van der Waals surface area contributed by atoms with Gasteiger partial charge in [0.2, 0.25) is 0 Å². The van der Waals surface area contributed by atoms with Crippen LogP contribution in [-0.2, 0) is 4.74 Å². The lowest BCUT2D eigenvalue weighted by Gasteiger charge is -2.29. The van der Waals surface area contributed by atoms with Crippen LogP contribution < -0.4 is 5.32 Å². The Morgan fingerprint density at radius 1 is 1.38 bits per heavy atom. The molecule has 1 N–H and O–H groups in total. The zero-order chi connectivity index (χ0) is 11.4. The average Bonchev–Trinajstić information content (AvgIpc) is 2.80. The van der Waals surface area contributed by atoms with Crippen molar-refractivity contribution in [3.63, 3.8) is 0 Å². The molecule has 2 heterocycles. The van der Waals surface area contributed by atoms with Gasteiger partial charge in [0.05, 0.1) is 6.61 Å². The van der Waals surface area contributed by atoms with Crippen LogP contribution in [0.5, 0.6) is 0 Å². The van der Waals surface area contributed by atoms with Crippen LogP contribution in [0.4, 0.5) is 4.79 Å². The lowest BCUT2D eigenvalue weighted by molar-refractivity contribution is 0.0785. The number of carbonyl (C=O) groups is 1. The summed E-state index contributed by atoms with van der Waals surface area (Å²) in [4.78, 5) is 13.6. The SMILES string of the molecule is CC1CCN(C(=O)OCC2CCNC2)CC1. The number of nitrogens with zero attached hydrogens (tertiary/aromatic N) is 1. The molecule has 0 aromatic heterocycles. The number of hydrogen-bond donors (Lipinski definition) is 1. The quantitative estimate of drug-likeness (QED) is 0.775. The van der Waals surface area contributed by atoms with E-state index < -0.39 is 0 Å². The second-order valence-electron chi connectivity index (χ2n) is 5.11. The summed E-state index contributed by atoms with van der Waals surface area (Å²) >= 11 is 0. The molecule has 0 aliphatic carbocycles. The Kier molecular flexibility index (Phi) is 4.04. The second-order valence-corrected chi connectivity index (χ2v) is 5.11. The zero-order valence-electron chi connectivity index (χ0n) is 10.1. The van der Waals surface area contributed by atoms with E-state index in [1.54, 1.807) is 0 Å². The number of ether oxygens (including phenoxy) is 1. The molecule has 1 amide bonds. The molecule has 4 nitrogen and oxygen atoms in total. The third kappa shape index (κ3) is 3.11. The highest BCUT2D eigenvalue weighted by molar-refractivity contribution is 5.67. The van der Waals surface area contributed by atoms with Gasteiger partial charge >= 0.3 is 6.09 Å². The summed E-state index contributed by atoms with van der Waals surface area (Å²) in [5, 5.41) is 3.28. The molecular formula is C12H22N2O2. The number of piperidine rings is 1. The lowest BCUT2D eigenvalue weighted by atomic mass is 10.00. The summed E-state index contributed by atoms with van der Waals surface area (Å²) in [5.41, 5.74) is 0. The van der Waals surface area contributed by atoms with Crippen molar-refractivity contribution >= 4 is 6.09 Å². The van der Waals surface area contributed by atoms with Crippen molar-refractivity contribution in [2.24, 2.45) is 11.8 Å². The minimum absolute atomic E-state index is 0.112. The molecule has 0 bridgehead atoms. The highest BCUT2D eigenvalue weighted by Crippen LogP contribution is 2.17. The van der Waals surface area contributed by atoms with Gasteiger partial charge in [0.1, 0.15) is 0 Å². The molecule has 0 saturated carbocycles. The summed E-state index contributed by atoms with van der Waals surface area (Å²) in [6.07, 6.45) is 3.24. The molecular weight excluding hydrogens is 204 g/mol. The maximum Gasteiger partial charge on any atom is 0.409 e. The number of rotatable bonds is 2. The Hall–Kier alpha value is -0.770. The van der Waals surface area contributed by atoms with Gasteiger partial charge in [-0.25, -0.2) is 4.79 Å². The number of likely N-dealkylation sites (tertiary alicyclic amines) is 1. The summed E-state index contributed by atoms with van der Waals surface area (Å²) in [5.74, 6) is 1.27. The van der Waals surface area contributed by atoms with E-state index in [0.29, 0.717) is 12.5 Å². The highest BCUT2D eigenvalue weighted by Gasteiger charge is 2.23. The molecule has 2 aliphatic heterocycles. The van der Waals surface area contributed by atoms with Crippen molar-refractivity contribution in [2.45, 2.75) is 26.2 Å². The first-order valence-electron chi connectivity index (χ1n) is 6.38. The predicted molar refractivity (Wildman–Crippen MR) is 62.3 cm³/mol. The molecule has 0 spiro atoms. The molecule has 0 aromatic rings. The van der Waals surface area contributed by atoms with Crippen LogP contribution in [0.2, 0.25) is 0 Å². The summed E-state index contributed by atoms with van der Waals surface area (Å²) in [7, 11) is 0. The number of hydrogen-bond acceptors (Lipinski definition) is 3. The van der Waals surface area contributed by atoms with Crippen LogP contribution in [0, 0.1) is 11.8 Å². The Morgan fingerprint density at radius 3 is 2.75 bits per heavy atom. The van der Waals surface area contributed by atoms with Crippen molar-refractivity contribution < 1.29 is 9.53 Å². The van der Waals surface area contributed by atoms with Crippen LogP contribution in [0.1, 0.15) is 26.2 Å². The Labute approximate surface area is 97.3 Å². The molecule has 92 valence electrons. The second kappa shape index (κ2) is 5.53. The summed E-state index contributed by atoms with van der Waals surface area (Å²) in [6.45, 7) is 6.60. The van der Waals surface area contributed by atoms with Gasteiger partial charge in [-0.05, 0) is 31.7 Å². The third-order valence-corrected chi connectivity index (χ3v) is 3.65. The van der Waals surface area contributed by atoms with Gasteiger partial charge in [0.15, 0.2) is 0 Å². The first-order chi connectivity index (χ1) is 7.75.